The molecular weight excluding hydrogens is 367 g/mol. The Morgan fingerprint density at radius 2 is 1.81 bits per heavy atom. The number of hydrogen-bond donors (Lipinski definition) is 1. The second-order valence-corrected chi connectivity index (χ2v) is 8.09. The predicted molar refractivity (Wildman–Crippen MR) is 103 cm³/mol. The van der Waals surface area contributed by atoms with Crippen LogP contribution in [0.4, 0.5) is 4.39 Å². The van der Waals surface area contributed by atoms with Crippen LogP contribution in [0.2, 0.25) is 0 Å². The van der Waals surface area contributed by atoms with Crippen LogP contribution in [0.1, 0.15) is 43.1 Å². The Labute approximate surface area is 160 Å². The highest BCUT2D eigenvalue weighted by Gasteiger charge is 2.25. The molecule has 1 atom stereocenters. The van der Waals surface area contributed by atoms with Crippen molar-refractivity contribution in [2.24, 2.45) is 0 Å². The zero-order valence-electron chi connectivity index (χ0n) is 15.8. The Morgan fingerprint density at radius 1 is 1.15 bits per heavy atom. The summed E-state index contributed by atoms with van der Waals surface area (Å²) in [6.07, 6.45) is 0.690. The first-order chi connectivity index (χ1) is 12.8. The molecule has 146 valence electrons. The molecule has 1 N–H and O–H groups in total. The number of nitrogens with zero attached hydrogens (tertiary/aromatic N) is 1. The number of amides is 1. The summed E-state index contributed by atoms with van der Waals surface area (Å²) >= 11 is 0. The van der Waals surface area contributed by atoms with Crippen LogP contribution >= 0.6 is 0 Å². The molecule has 0 radical (unpaired) electrons. The maximum absolute atomic E-state index is 14.4. The van der Waals surface area contributed by atoms with Gasteiger partial charge in [0.15, 0.2) is 0 Å². The molecule has 0 aliphatic heterocycles. The van der Waals surface area contributed by atoms with Crippen LogP contribution < -0.4 is 4.72 Å². The normalized spacial score (nSPS) is 12.6. The van der Waals surface area contributed by atoms with Crippen LogP contribution in [0.15, 0.2) is 53.4 Å². The Balaban J connectivity index is 2.42. The summed E-state index contributed by atoms with van der Waals surface area (Å²) in [5.41, 5.74) is 0.674. The van der Waals surface area contributed by atoms with Crippen molar-refractivity contribution >= 4 is 15.9 Å². The molecule has 0 spiro atoms. The van der Waals surface area contributed by atoms with E-state index in [-0.39, 0.29) is 23.0 Å². The molecule has 2 aromatic rings. The molecule has 0 saturated heterocycles. The highest BCUT2D eigenvalue weighted by molar-refractivity contribution is 7.89. The smallest absolute Gasteiger partial charge is 0.257 e. The lowest BCUT2D eigenvalue weighted by Crippen LogP contribution is -2.38. The first-order valence-electron chi connectivity index (χ1n) is 8.94. The van der Waals surface area contributed by atoms with Crippen LogP contribution in [0.5, 0.6) is 0 Å². The van der Waals surface area contributed by atoms with Gasteiger partial charge in [0.2, 0.25) is 10.0 Å². The van der Waals surface area contributed by atoms with Gasteiger partial charge in [0, 0.05) is 19.1 Å². The molecule has 7 heteroatoms. The lowest BCUT2D eigenvalue weighted by molar-refractivity contribution is 0.0666. The number of carbonyl (C=O) groups excluding carboxylic acids is 1. The highest BCUT2D eigenvalue weighted by Crippen LogP contribution is 2.20. The van der Waals surface area contributed by atoms with E-state index in [1.807, 2.05) is 44.2 Å². The van der Waals surface area contributed by atoms with Crippen LogP contribution in [0.25, 0.3) is 0 Å². The highest BCUT2D eigenvalue weighted by atomic mass is 32.2. The lowest BCUT2D eigenvalue weighted by atomic mass is 10.1. The number of rotatable bonds is 8. The van der Waals surface area contributed by atoms with E-state index in [1.165, 1.54) is 0 Å². The molecule has 0 fully saturated rings. The number of hydrogen-bond acceptors (Lipinski definition) is 3. The maximum Gasteiger partial charge on any atom is 0.257 e. The van der Waals surface area contributed by atoms with E-state index in [0.717, 1.165) is 23.8 Å². The van der Waals surface area contributed by atoms with Crippen molar-refractivity contribution in [3.05, 3.63) is 65.5 Å². The van der Waals surface area contributed by atoms with E-state index in [1.54, 1.807) is 11.8 Å². The Bertz CT molecular complexity index is 885. The van der Waals surface area contributed by atoms with Gasteiger partial charge in [-0.05, 0) is 37.1 Å². The van der Waals surface area contributed by atoms with Crippen molar-refractivity contribution in [1.29, 1.82) is 0 Å². The van der Waals surface area contributed by atoms with E-state index >= 15 is 0 Å². The summed E-state index contributed by atoms with van der Waals surface area (Å²) < 4.78 is 41.2. The number of nitrogens with one attached hydrogen (secondary N) is 1. The minimum absolute atomic E-state index is 0.127. The van der Waals surface area contributed by atoms with Gasteiger partial charge in [-0.15, -0.1) is 0 Å². The van der Waals surface area contributed by atoms with Gasteiger partial charge < -0.3 is 4.90 Å². The minimum atomic E-state index is -3.78. The third-order valence-electron chi connectivity index (χ3n) is 4.39. The summed E-state index contributed by atoms with van der Waals surface area (Å²) in [5, 5.41) is 0. The fourth-order valence-electron chi connectivity index (χ4n) is 2.69. The van der Waals surface area contributed by atoms with Gasteiger partial charge in [-0.3, -0.25) is 4.79 Å². The fraction of sp³-hybridized carbons (Fsp3) is 0.350. The second-order valence-electron chi connectivity index (χ2n) is 6.32. The van der Waals surface area contributed by atoms with E-state index in [9.17, 15) is 17.6 Å². The molecule has 1 amide bonds. The van der Waals surface area contributed by atoms with Crippen LogP contribution in [0.3, 0.4) is 0 Å². The van der Waals surface area contributed by atoms with Crippen molar-refractivity contribution in [3.63, 3.8) is 0 Å². The van der Waals surface area contributed by atoms with Crippen molar-refractivity contribution < 1.29 is 17.6 Å². The standard InChI is InChI=1S/C20H25FN2O3S/c1-4-15(3)23(14-16-9-7-6-8-10-16)20(24)18-13-17(11-12-19(18)21)27(25,26)22-5-2/h6-13,15,22H,4-5,14H2,1-3H3. The largest absolute Gasteiger partial charge is 0.332 e. The number of benzene rings is 2. The monoisotopic (exact) mass is 392 g/mol. The summed E-state index contributed by atoms with van der Waals surface area (Å²) in [5.74, 6) is -1.27. The molecule has 27 heavy (non-hydrogen) atoms. The molecule has 2 aromatic carbocycles. The predicted octanol–water partition coefficient (Wildman–Crippen LogP) is 3.56. The number of halogens is 1. The molecule has 5 nitrogen and oxygen atoms in total. The summed E-state index contributed by atoms with van der Waals surface area (Å²) in [7, 11) is -3.78. The average Bonchev–Trinajstić information content (AvgIpc) is 2.66. The topological polar surface area (TPSA) is 66.5 Å². The maximum atomic E-state index is 14.4. The van der Waals surface area contributed by atoms with Crippen molar-refractivity contribution in [2.75, 3.05) is 6.54 Å². The molecule has 2 rings (SSSR count). The minimum Gasteiger partial charge on any atom is -0.332 e. The first-order valence-corrected chi connectivity index (χ1v) is 10.4. The van der Waals surface area contributed by atoms with Crippen LogP contribution in [-0.4, -0.2) is 31.8 Å². The first kappa shape index (κ1) is 21.1. The van der Waals surface area contributed by atoms with Crippen molar-refractivity contribution in [3.8, 4) is 0 Å². The van der Waals surface area contributed by atoms with Gasteiger partial charge in [0.05, 0.1) is 10.5 Å². The molecule has 0 aliphatic rings. The van der Waals surface area contributed by atoms with E-state index in [0.29, 0.717) is 13.0 Å². The third kappa shape index (κ3) is 5.14. The van der Waals surface area contributed by atoms with Gasteiger partial charge >= 0.3 is 0 Å². The molecule has 0 saturated carbocycles. The summed E-state index contributed by atoms with van der Waals surface area (Å²) in [4.78, 5) is 14.5. The Morgan fingerprint density at radius 3 is 2.41 bits per heavy atom. The van der Waals surface area contributed by atoms with Crippen molar-refractivity contribution in [1.82, 2.24) is 9.62 Å². The lowest BCUT2D eigenvalue weighted by Gasteiger charge is -2.29. The quantitative estimate of drug-likeness (QED) is 0.747. The SMILES string of the molecule is CCNS(=O)(=O)c1ccc(F)c(C(=O)N(Cc2ccccc2)C(C)CC)c1. The number of carbonyl (C=O) groups is 1. The summed E-state index contributed by atoms with van der Waals surface area (Å²) in [6.45, 7) is 6.00. The molecule has 0 aromatic heterocycles. The molecular formula is C20H25FN2O3S. The number of sulfonamides is 1. The zero-order valence-corrected chi connectivity index (χ0v) is 16.6. The average molecular weight is 392 g/mol. The van der Waals surface area contributed by atoms with E-state index < -0.39 is 21.7 Å². The van der Waals surface area contributed by atoms with Gasteiger partial charge in [-0.25, -0.2) is 17.5 Å². The summed E-state index contributed by atoms with van der Waals surface area (Å²) in [6, 6.07) is 12.6. The van der Waals surface area contributed by atoms with Gasteiger partial charge in [-0.2, -0.15) is 0 Å². The van der Waals surface area contributed by atoms with Gasteiger partial charge in [-0.1, -0.05) is 44.2 Å². The molecule has 0 bridgehead atoms. The fourth-order valence-corrected chi connectivity index (χ4v) is 3.76. The van der Waals surface area contributed by atoms with E-state index in [2.05, 4.69) is 4.72 Å². The Kier molecular flexibility index (Phi) is 7.10. The molecule has 0 aliphatic carbocycles. The Hall–Kier alpha value is -2.25. The third-order valence-corrected chi connectivity index (χ3v) is 5.94. The zero-order chi connectivity index (χ0) is 20.0. The molecule has 0 heterocycles. The van der Waals surface area contributed by atoms with Crippen LogP contribution in [0, 0.1) is 5.82 Å². The van der Waals surface area contributed by atoms with Crippen LogP contribution in [-0.2, 0) is 16.6 Å². The molecule has 1 unspecified atom stereocenters. The second kappa shape index (κ2) is 9.10. The van der Waals surface area contributed by atoms with Gasteiger partial charge in [0.25, 0.3) is 5.91 Å². The van der Waals surface area contributed by atoms with Gasteiger partial charge in [0.1, 0.15) is 5.82 Å². The van der Waals surface area contributed by atoms with Crippen molar-refractivity contribution in [2.45, 2.75) is 44.7 Å². The van der Waals surface area contributed by atoms with E-state index in [4.69, 9.17) is 0 Å².